The fraction of sp³-hybridized carbons (Fsp3) is 0.118. The normalized spacial score (nSPS) is 11.2. The third-order valence-electron chi connectivity index (χ3n) is 3.35. The van der Waals surface area contributed by atoms with Crippen LogP contribution in [0.2, 0.25) is 0 Å². The standard InChI is InChI=1S/C17H14FN3O4S3/c18-11-3-5-12(6-4-11)19-15(22)9-28(24,25)10-16(23)21-17-20-13(8-27-17)14-2-1-7-26-14/h1-8H,9-10H2,(H,19,22)(H,20,21,23). The van der Waals surface area contributed by atoms with Gasteiger partial charge in [-0.05, 0) is 35.7 Å². The van der Waals surface area contributed by atoms with Gasteiger partial charge >= 0.3 is 0 Å². The summed E-state index contributed by atoms with van der Waals surface area (Å²) in [5.74, 6) is -3.78. The molecule has 0 aliphatic rings. The molecule has 0 fully saturated rings. The highest BCUT2D eigenvalue weighted by Crippen LogP contribution is 2.28. The van der Waals surface area contributed by atoms with Crippen LogP contribution in [0.4, 0.5) is 15.2 Å². The topological polar surface area (TPSA) is 105 Å². The highest BCUT2D eigenvalue weighted by Gasteiger charge is 2.22. The van der Waals surface area contributed by atoms with Crippen molar-refractivity contribution in [2.75, 3.05) is 22.1 Å². The first-order valence-corrected chi connectivity index (χ1v) is 11.4. The molecule has 28 heavy (non-hydrogen) atoms. The average Bonchev–Trinajstić information content (AvgIpc) is 3.27. The molecule has 2 amide bonds. The van der Waals surface area contributed by atoms with E-state index >= 15 is 0 Å². The number of nitrogens with one attached hydrogen (secondary N) is 2. The molecule has 0 saturated heterocycles. The van der Waals surface area contributed by atoms with E-state index in [9.17, 15) is 22.4 Å². The predicted octanol–water partition coefficient (Wildman–Crippen LogP) is 3.00. The van der Waals surface area contributed by atoms with Gasteiger partial charge in [0.05, 0.1) is 10.6 Å². The molecule has 7 nitrogen and oxygen atoms in total. The molecular formula is C17H14FN3O4S3. The zero-order valence-corrected chi connectivity index (χ0v) is 16.7. The lowest BCUT2D eigenvalue weighted by molar-refractivity contribution is -0.114. The summed E-state index contributed by atoms with van der Waals surface area (Å²) in [6.45, 7) is 0. The molecule has 0 bridgehead atoms. The summed E-state index contributed by atoms with van der Waals surface area (Å²) < 4.78 is 37.0. The quantitative estimate of drug-likeness (QED) is 0.589. The molecule has 11 heteroatoms. The van der Waals surface area contributed by atoms with E-state index in [1.165, 1.54) is 34.8 Å². The van der Waals surface area contributed by atoms with E-state index in [4.69, 9.17) is 0 Å². The number of anilines is 2. The number of nitrogens with zero attached hydrogens (tertiary/aromatic N) is 1. The summed E-state index contributed by atoms with van der Waals surface area (Å²) in [5, 5.41) is 8.70. The Labute approximate surface area is 168 Å². The van der Waals surface area contributed by atoms with Gasteiger partial charge < -0.3 is 10.6 Å². The Hall–Kier alpha value is -2.63. The summed E-state index contributed by atoms with van der Waals surface area (Å²) in [7, 11) is -3.98. The molecule has 146 valence electrons. The van der Waals surface area contributed by atoms with Gasteiger partial charge in [-0.1, -0.05) is 6.07 Å². The van der Waals surface area contributed by atoms with Crippen molar-refractivity contribution in [3.05, 3.63) is 53.0 Å². The minimum Gasteiger partial charge on any atom is -0.325 e. The van der Waals surface area contributed by atoms with Gasteiger partial charge in [0.15, 0.2) is 15.0 Å². The molecular weight excluding hydrogens is 425 g/mol. The maximum absolute atomic E-state index is 12.8. The van der Waals surface area contributed by atoms with Crippen molar-refractivity contribution in [2.45, 2.75) is 0 Å². The molecule has 2 aromatic heterocycles. The number of sulfone groups is 1. The SMILES string of the molecule is O=C(CS(=O)(=O)CC(=O)Nc1nc(-c2cccs2)cs1)Nc1ccc(F)cc1. The first-order chi connectivity index (χ1) is 13.3. The number of benzene rings is 1. The molecule has 0 unspecified atom stereocenters. The highest BCUT2D eigenvalue weighted by molar-refractivity contribution is 7.92. The lowest BCUT2D eigenvalue weighted by atomic mass is 10.3. The fourth-order valence-electron chi connectivity index (χ4n) is 2.20. The van der Waals surface area contributed by atoms with E-state index in [0.29, 0.717) is 5.69 Å². The van der Waals surface area contributed by atoms with Gasteiger partial charge in [-0.2, -0.15) is 0 Å². The molecule has 0 saturated carbocycles. The Balaban J connectivity index is 1.53. The van der Waals surface area contributed by atoms with Gasteiger partial charge in [0.2, 0.25) is 11.8 Å². The van der Waals surface area contributed by atoms with Crippen molar-refractivity contribution in [3.63, 3.8) is 0 Å². The fourth-order valence-corrected chi connectivity index (χ4v) is 4.74. The van der Waals surface area contributed by atoms with Gasteiger partial charge in [0.25, 0.3) is 0 Å². The van der Waals surface area contributed by atoms with Crippen LogP contribution >= 0.6 is 22.7 Å². The lowest BCUT2D eigenvalue weighted by Crippen LogP contribution is -2.30. The third kappa shape index (κ3) is 5.68. The maximum Gasteiger partial charge on any atom is 0.241 e. The van der Waals surface area contributed by atoms with E-state index in [1.807, 2.05) is 17.5 Å². The molecule has 0 atom stereocenters. The summed E-state index contributed by atoms with van der Waals surface area (Å²) in [6.07, 6.45) is 0. The summed E-state index contributed by atoms with van der Waals surface area (Å²) in [5.41, 5.74) is 0.951. The zero-order chi connectivity index (χ0) is 20.1. The van der Waals surface area contributed by atoms with Gasteiger partial charge in [-0.3, -0.25) is 9.59 Å². The number of aromatic nitrogens is 1. The second kappa shape index (κ2) is 8.59. The molecule has 0 radical (unpaired) electrons. The number of thiophene rings is 1. The second-order valence-electron chi connectivity index (χ2n) is 5.65. The highest BCUT2D eigenvalue weighted by atomic mass is 32.2. The van der Waals surface area contributed by atoms with E-state index in [0.717, 1.165) is 17.0 Å². The van der Waals surface area contributed by atoms with Gasteiger partial charge in [-0.25, -0.2) is 17.8 Å². The summed E-state index contributed by atoms with van der Waals surface area (Å²) in [6, 6.07) is 8.64. The molecule has 0 aliphatic carbocycles. The number of carbonyl (C=O) groups excluding carboxylic acids is 2. The molecule has 3 rings (SSSR count). The maximum atomic E-state index is 12.8. The minimum atomic E-state index is -3.98. The van der Waals surface area contributed by atoms with Crippen LogP contribution < -0.4 is 10.6 Å². The number of rotatable bonds is 7. The predicted molar refractivity (Wildman–Crippen MR) is 108 cm³/mol. The average molecular weight is 440 g/mol. The number of amides is 2. The first-order valence-electron chi connectivity index (χ1n) is 7.86. The van der Waals surface area contributed by atoms with E-state index < -0.39 is 39.0 Å². The number of hydrogen-bond acceptors (Lipinski definition) is 7. The minimum absolute atomic E-state index is 0.259. The molecule has 2 heterocycles. The Kier molecular flexibility index (Phi) is 6.17. The van der Waals surface area contributed by atoms with Crippen LogP contribution in [0.5, 0.6) is 0 Å². The van der Waals surface area contributed by atoms with Crippen molar-refractivity contribution in [2.24, 2.45) is 0 Å². The Bertz CT molecular complexity index is 1080. The van der Waals surface area contributed by atoms with Crippen LogP contribution in [0, 0.1) is 5.82 Å². The Morgan fingerprint density at radius 3 is 2.32 bits per heavy atom. The molecule has 3 aromatic rings. The van der Waals surface area contributed by atoms with Crippen molar-refractivity contribution >= 4 is 55.1 Å². The van der Waals surface area contributed by atoms with Crippen LogP contribution in [0.15, 0.2) is 47.2 Å². The summed E-state index contributed by atoms with van der Waals surface area (Å²) >= 11 is 2.67. The molecule has 0 spiro atoms. The monoisotopic (exact) mass is 439 g/mol. The van der Waals surface area contributed by atoms with Gasteiger partial charge in [0.1, 0.15) is 17.3 Å². The lowest BCUT2D eigenvalue weighted by Gasteiger charge is -2.06. The molecule has 2 N–H and O–H groups in total. The number of hydrogen-bond donors (Lipinski definition) is 2. The first kappa shape index (κ1) is 20.1. The largest absolute Gasteiger partial charge is 0.325 e. The van der Waals surface area contributed by atoms with Gasteiger partial charge in [0, 0.05) is 11.1 Å². The van der Waals surface area contributed by atoms with Crippen molar-refractivity contribution in [1.82, 2.24) is 4.98 Å². The summed E-state index contributed by atoms with van der Waals surface area (Å²) in [4.78, 5) is 29.0. The number of thiazole rings is 1. The van der Waals surface area contributed by atoms with E-state index in [-0.39, 0.29) is 10.8 Å². The van der Waals surface area contributed by atoms with Crippen LogP contribution in [0.3, 0.4) is 0 Å². The van der Waals surface area contributed by atoms with E-state index in [1.54, 1.807) is 5.38 Å². The smallest absolute Gasteiger partial charge is 0.241 e. The van der Waals surface area contributed by atoms with Crippen LogP contribution in [-0.2, 0) is 19.4 Å². The van der Waals surface area contributed by atoms with Crippen molar-refractivity contribution in [3.8, 4) is 10.6 Å². The van der Waals surface area contributed by atoms with Crippen molar-refractivity contribution in [1.29, 1.82) is 0 Å². The second-order valence-corrected chi connectivity index (χ2v) is 9.52. The van der Waals surface area contributed by atoms with Crippen LogP contribution in [-0.4, -0.2) is 36.7 Å². The molecule has 1 aromatic carbocycles. The van der Waals surface area contributed by atoms with E-state index in [2.05, 4.69) is 15.6 Å². The zero-order valence-electron chi connectivity index (χ0n) is 14.2. The number of halogens is 1. The third-order valence-corrected chi connectivity index (χ3v) is 6.41. The van der Waals surface area contributed by atoms with Crippen LogP contribution in [0.25, 0.3) is 10.6 Å². The van der Waals surface area contributed by atoms with Gasteiger partial charge in [-0.15, -0.1) is 22.7 Å². The van der Waals surface area contributed by atoms with Crippen LogP contribution in [0.1, 0.15) is 0 Å². The Morgan fingerprint density at radius 2 is 1.68 bits per heavy atom. The Morgan fingerprint density at radius 1 is 1.00 bits per heavy atom. The van der Waals surface area contributed by atoms with Crippen molar-refractivity contribution < 1.29 is 22.4 Å². The molecule has 0 aliphatic heterocycles. The number of carbonyl (C=O) groups is 2.